The average molecular weight is 576 g/mol. The van der Waals surface area contributed by atoms with Crippen LogP contribution in [0.1, 0.15) is 30.1 Å². The first-order valence-electron chi connectivity index (χ1n) is 9.48. The summed E-state index contributed by atoms with van der Waals surface area (Å²) in [5.74, 6) is 0.810. The molecule has 1 fully saturated rings. The highest BCUT2D eigenvalue weighted by Crippen LogP contribution is 2.33. The van der Waals surface area contributed by atoms with Gasteiger partial charge in [-0.05, 0) is 77.2 Å². The molecule has 9 heteroatoms. The van der Waals surface area contributed by atoms with Crippen molar-refractivity contribution in [1.82, 2.24) is 5.32 Å². The molecule has 1 saturated heterocycles. The smallest absolute Gasteiger partial charge is 0.261 e. The largest absolute Gasteiger partial charge is 0.495 e. The van der Waals surface area contributed by atoms with E-state index in [4.69, 9.17) is 28.6 Å². The molecule has 30 heavy (non-hydrogen) atoms. The lowest BCUT2D eigenvalue weighted by Gasteiger charge is -2.32. The van der Waals surface area contributed by atoms with E-state index >= 15 is 0 Å². The summed E-state index contributed by atoms with van der Waals surface area (Å²) in [4.78, 5) is 15.0. The Labute approximate surface area is 203 Å². The predicted molar refractivity (Wildman–Crippen MR) is 134 cm³/mol. The molecular weight excluding hydrogens is 554 g/mol. The fourth-order valence-electron chi connectivity index (χ4n) is 3.36. The topological polar surface area (TPSA) is 53.6 Å². The van der Waals surface area contributed by atoms with Crippen molar-refractivity contribution in [3.05, 3.63) is 49.9 Å². The lowest BCUT2D eigenvalue weighted by Crippen LogP contribution is -2.34. The molecule has 0 bridgehead atoms. The number of methoxy groups -OCH3 is 1. The number of piperidine rings is 1. The molecule has 0 saturated carbocycles. The van der Waals surface area contributed by atoms with E-state index in [1.165, 1.54) is 20.0 Å². The molecule has 1 amide bonds. The van der Waals surface area contributed by atoms with Gasteiger partial charge in [0.15, 0.2) is 5.11 Å². The fraction of sp³-hybridized carbons (Fsp3) is 0.333. The minimum absolute atomic E-state index is 0.175. The van der Waals surface area contributed by atoms with Crippen molar-refractivity contribution in [3.63, 3.8) is 0 Å². The van der Waals surface area contributed by atoms with Crippen molar-refractivity contribution in [2.75, 3.05) is 30.4 Å². The monoisotopic (exact) mass is 573 g/mol. The summed E-state index contributed by atoms with van der Waals surface area (Å²) < 4.78 is 6.74. The van der Waals surface area contributed by atoms with Gasteiger partial charge in [-0.2, -0.15) is 0 Å². The Hall–Kier alpha value is -1.35. The van der Waals surface area contributed by atoms with E-state index in [9.17, 15) is 4.79 Å². The summed E-state index contributed by atoms with van der Waals surface area (Å²) in [7, 11) is 1.51. The van der Waals surface area contributed by atoms with Crippen LogP contribution in [0.4, 0.5) is 11.4 Å². The Morgan fingerprint density at radius 1 is 1.23 bits per heavy atom. The fourth-order valence-corrected chi connectivity index (χ4v) is 5.26. The van der Waals surface area contributed by atoms with Crippen LogP contribution in [0.3, 0.4) is 0 Å². The number of hydrogen-bond donors (Lipinski definition) is 2. The molecule has 2 aromatic carbocycles. The van der Waals surface area contributed by atoms with Crippen LogP contribution in [0.5, 0.6) is 5.75 Å². The van der Waals surface area contributed by atoms with Gasteiger partial charge in [0.1, 0.15) is 5.75 Å². The zero-order valence-electron chi connectivity index (χ0n) is 16.6. The quantitative estimate of drug-likeness (QED) is 0.423. The molecule has 0 aromatic heterocycles. The molecule has 0 aliphatic carbocycles. The Morgan fingerprint density at radius 2 is 1.93 bits per heavy atom. The summed E-state index contributed by atoms with van der Waals surface area (Å²) in [6.07, 6.45) is 2.34. The van der Waals surface area contributed by atoms with Crippen molar-refractivity contribution in [2.45, 2.75) is 19.8 Å². The number of halogens is 3. The normalized spacial score (nSPS) is 14.4. The highest BCUT2D eigenvalue weighted by molar-refractivity contribution is 9.11. The third-order valence-corrected chi connectivity index (χ3v) is 6.57. The summed E-state index contributed by atoms with van der Waals surface area (Å²) >= 11 is 18.6. The zero-order valence-corrected chi connectivity index (χ0v) is 21.3. The molecule has 160 valence electrons. The van der Waals surface area contributed by atoms with E-state index in [0.717, 1.165) is 29.2 Å². The van der Waals surface area contributed by atoms with E-state index in [0.29, 0.717) is 26.5 Å². The molecule has 5 nitrogen and oxygen atoms in total. The zero-order chi connectivity index (χ0) is 21.8. The van der Waals surface area contributed by atoms with Gasteiger partial charge >= 0.3 is 0 Å². The molecule has 0 unspecified atom stereocenters. The van der Waals surface area contributed by atoms with Gasteiger partial charge in [-0.1, -0.05) is 34.5 Å². The molecule has 0 atom stereocenters. The lowest BCUT2D eigenvalue weighted by atomic mass is 9.99. The van der Waals surface area contributed by atoms with Crippen LogP contribution in [-0.4, -0.2) is 31.2 Å². The molecule has 1 aliphatic rings. The van der Waals surface area contributed by atoms with Gasteiger partial charge in [-0.3, -0.25) is 10.1 Å². The van der Waals surface area contributed by atoms with Gasteiger partial charge < -0.3 is 15.0 Å². The molecule has 0 spiro atoms. The minimum Gasteiger partial charge on any atom is -0.495 e. The van der Waals surface area contributed by atoms with Crippen LogP contribution in [0.15, 0.2) is 39.3 Å². The van der Waals surface area contributed by atoms with Crippen LogP contribution in [0.25, 0.3) is 0 Å². The second-order valence-corrected chi connectivity index (χ2v) is 9.80. The molecule has 3 rings (SSSR count). The molecular formula is C21H22Br2ClN3O2S. The number of ether oxygens (including phenoxy) is 1. The number of thiocarbonyl (C=S) groups is 1. The van der Waals surface area contributed by atoms with Gasteiger partial charge in [0, 0.05) is 23.2 Å². The average Bonchev–Trinajstić information content (AvgIpc) is 2.68. The van der Waals surface area contributed by atoms with E-state index < -0.39 is 0 Å². The second kappa shape index (κ2) is 10.3. The van der Waals surface area contributed by atoms with Crippen LogP contribution < -0.4 is 20.3 Å². The highest BCUT2D eigenvalue weighted by Gasteiger charge is 2.19. The first-order valence-corrected chi connectivity index (χ1v) is 11.9. The maximum Gasteiger partial charge on any atom is 0.261 e. The summed E-state index contributed by atoms with van der Waals surface area (Å²) in [6, 6.07) is 9.20. The maximum absolute atomic E-state index is 12.7. The van der Waals surface area contributed by atoms with Gasteiger partial charge in [-0.15, -0.1) is 0 Å². The number of rotatable bonds is 4. The van der Waals surface area contributed by atoms with Crippen molar-refractivity contribution >= 4 is 78.1 Å². The standard InChI is InChI=1S/C21H22Br2ClN3O2S/c1-12-5-7-27(8-6-12)18-4-3-14(11-17(18)24)25-21(30)26-20(28)15-9-13(22)10-16(23)19(15)29-2/h3-4,9-12H,5-8H2,1-2H3,(H2,25,26,28,30). The maximum atomic E-state index is 12.7. The number of carbonyl (C=O) groups excluding carboxylic acids is 1. The summed E-state index contributed by atoms with van der Waals surface area (Å²) in [5.41, 5.74) is 2.09. The van der Waals surface area contributed by atoms with Gasteiger partial charge in [0.25, 0.3) is 5.91 Å². The van der Waals surface area contributed by atoms with Crippen molar-refractivity contribution in [1.29, 1.82) is 0 Å². The van der Waals surface area contributed by atoms with Crippen molar-refractivity contribution < 1.29 is 9.53 Å². The van der Waals surface area contributed by atoms with E-state index in [2.05, 4.69) is 54.3 Å². The lowest BCUT2D eigenvalue weighted by molar-refractivity contribution is 0.0974. The Balaban J connectivity index is 1.67. The number of anilines is 2. The van der Waals surface area contributed by atoms with Crippen LogP contribution in [0, 0.1) is 5.92 Å². The van der Waals surface area contributed by atoms with Crippen LogP contribution in [0.2, 0.25) is 5.02 Å². The number of nitrogens with zero attached hydrogens (tertiary/aromatic N) is 1. The minimum atomic E-state index is -0.378. The predicted octanol–water partition coefficient (Wildman–Crippen LogP) is 6.24. The van der Waals surface area contributed by atoms with Gasteiger partial charge in [0.05, 0.1) is 27.9 Å². The van der Waals surface area contributed by atoms with Crippen LogP contribution in [-0.2, 0) is 0 Å². The third kappa shape index (κ3) is 5.66. The molecule has 0 radical (unpaired) electrons. The molecule has 1 aliphatic heterocycles. The van der Waals surface area contributed by atoms with E-state index in [1.54, 1.807) is 12.1 Å². The first-order chi connectivity index (χ1) is 14.3. The van der Waals surface area contributed by atoms with Gasteiger partial charge in [-0.25, -0.2) is 0 Å². The summed E-state index contributed by atoms with van der Waals surface area (Å²) in [6.45, 7) is 4.29. The molecule has 1 heterocycles. The number of carbonyl (C=O) groups is 1. The molecule has 2 aromatic rings. The SMILES string of the molecule is COc1c(Br)cc(Br)cc1C(=O)NC(=S)Nc1ccc(N2CCC(C)CC2)c(Cl)c1. The van der Waals surface area contributed by atoms with Gasteiger partial charge in [0.2, 0.25) is 0 Å². The van der Waals surface area contributed by atoms with E-state index in [-0.39, 0.29) is 11.0 Å². The summed E-state index contributed by atoms with van der Waals surface area (Å²) in [5, 5.41) is 6.53. The number of benzene rings is 2. The second-order valence-electron chi connectivity index (χ2n) is 7.21. The number of hydrogen-bond acceptors (Lipinski definition) is 4. The van der Waals surface area contributed by atoms with Crippen molar-refractivity contribution in [2.24, 2.45) is 5.92 Å². The highest BCUT2D eigenvalue weighted by atomic mass is 79.9. The Morgan fingerprint density at radius 3 is 2.57 bits per heavy atom. The number of nitrogens with one attached hydrogen (secondary N) is 2. The molecule has 2 N–H and O–H groups in total. The third-order valence-electron chi connectivity index (χ3n) is 5.01. The van der Waals surface area contributed by atoms with E-state index in [1.807, 2.05) is 18.2 Å². The Kier molecular flexibility index (Phi) is 8.01. The first kappa shape index (κ1) is 23.3. The number of amides is 1. The Bertz CT molecular complexity index is 966. The van der Waals surface area contributed by atoms with Crippen molar-refractivity contribution in [3.8, 4) is 5.75 Å². The van der Waals surface area contributed by atoms with Crippen LogP contribution >= 0.6 is 55.7 Å².